The SMILES string of the molecule is CCn1c2ccccc2c2cc(NC(=O)CN3C(=O)c4ccccc4C3c3c(C)[nH]c4ccccc34)ccc21. The molecule has 0 spiro atoms. The largest absolute Gasteiger partial charge is 0.358 e. The molecule has 0 fully saturated rings. The molecule has 1 aliphatic heterocycles. The van der Waals surface area contributed by atoms with Crippen molar-refractivity contribution in [1.29, 1.82) is 0 Å². The molecule has 0 aliphatic carbocycles. The Morgan fingerprint density at radius 2 is 1.59 bits per heavy atom. The predicted molar refractivity (Wildman–Crippen MR) is 156 cm³/mol. The number of aromatic nitrogens is 2. The number of H-pyrrole nitrogens is 1. The lowest BCUT2D eigenvalue weighted by atomic mass is 9.95. The molecule has 39 heavy (non-hydrogen) atoms. The smallest absolute Gasteiger partial charge is 0.255 e. The molecule has 6 heteroatoms. The van der Waals surface area contributed by atoms with Crippen LogP contribution in [0.3, 0.4) is 0 Å². The van der Waals surface area contributed by atoms with Gasteiger partial charge in [0.1, 0.15) is 6.54 Å². The van der Waals surface area contributed by atoms with Crippen LogP contribution in [0.4, 0.5) is 5.69 Å². The fourth-order valence-corrected chi connectivity index (χ4v) is 6.32. The van der Waals surface area contributed by atoms with Gasteiger partial charge in [-0.15, -0.1) is 0 Å². The molecule has 2 N–H and O–H groups in total. The number of carbonyl (C=O) groups is 2. The van der Waals surface area contributed by atoms with Crippen LogP contribution in [-0.2, 0) is 11.3 Å². The Morgan fingerprint density at radius 3 is 2.44 bits per heavy atom. The van der Waals surface area contributed by atoms with Gasteiger partial charge in [-0.3, -0.25) is 9.59 Å². The molecule has 0 saturated heterocycles. The first kappa shape index (κ1) is 23.3. The Kier molecular flexibility index (Phi) is 5.30. The van der Waals surface area contributed by atoms with Crippen molar-refractivity contribution < 1.29 is 9.59 Å². The number of benzene rings is 4. The molecule has 0 saturated carbocycles. The Hall–Kier alpha value is -4.84. The maximum Gasteiger partial charge on any atom is 0.255 e. The van der Waals surface area contributed by atoms with Gasteiger partial charge in [0.2, 0.25) is 5.91 Å². The zero-order valence-electron chi connectivity index (χ0n) is 21.9. The van der Waals surface area contributed by atoms with Gasteiger partial charge < -0.3 is 19.8 Å². The minimum Gasteiger partial charge on any atom is -0.358 e. The van der Waals surface area contributed by atoms with Crippen molar-refractivity contribution in [2.24, 2.45) is 0 Å². The van der Waals surface area contributed by atoms with Gasteiger partial charge in [-0.05, 0) is 55.8 Å². The van der Waals surface area contributed by atoms with E-state index in [0.29, 0.717) is 5.56 Å². The third-order valence-corrected chi connectivity index (χ3v) is 7.96. The Bertz CT molecular complexity index is 1930. The summed E-state index contributed by atoms with van der Waals surface area (Å²) in [6.07, 6.45) is 0. The monoisotopic (exact) mass is 512 g/mol. The van der Waals surface area contributed by atoms with Crippen molar-refractivity contribution >= 4 is 50.2 Å². The third-order valence-electron chi connectivity index (χ3n) is 7.96. The lowest BCUT2D eigenvalue weighted by Crippen LogP contribution is -2.36. The summed E-state index contributed by atoms with van der Waals surface area (Å²) in [5.41, 5.74) is 7.65. The zero-order valence-corrected chi connectivity index (χ0v) is 21.9. The van der Waals surface area contributed by atoms with E-state index in [2.05, 4.69) is 46.1 Å². The Balaban J connectivity index is 1.24. The van der Waals surface area contributed by atoms with E-state index in [-0.39, 0.29) is 24.4 Å². The van der Waals surface area contributed by atoms with Crippen molar-refractivity contribution in [3.05, 3.63) is 113 Å². The second-order valence-electron chi connectivity index (χ2n) is 10.2. The fourth-order valence-electron chi connectivity index (χ4n) is 6.32. The number of fused-ring (bicyclic) bond motifs is 5. The van der Waals surface area contributed by atoms with Crippen molar-refractivity contribution in [1.82, 2.24) is 14.5 Å². The highest BCUT2D eigenvalue weighted by Gasteiger charge is 2.40. The average Bonchev–Trinajstić information content (AvgIpc) is 3.55. The summed E-state index contributed by atoms with van der Waals surface area (Å²) in [4.78, 5) is 32.3. The highest BCUT2D eigenvalue weighted by Crippen LogP contribution is 2.42. The molecule has 1 atom stereocenters. The van der Waals surface area contributed by atoms with Crippen LogP contribution < -0.4 is 5.32 Å². The normalized spacial score (nSPS) is 15.0. The van der Waals surface area contributed by atoms with Crippen LogP contribution in [-0.4, -0.2) is 32.8 Å². The Labute approximate surface area is 225 Å². The molecular weight excluding hydrogens is 484 g/mol. The molecule has 0 radical (unpaired) electrons. The van der Waals surface area contributed by atoms with E-state index < -0.39 is 0 Å². The molecule has 6 aromatic rings. The summed E-state index contributed by atoms with van der Waals surface area (Å²) in [5, 5.41) is 6.39. The van der Waals surface area contributed by atoms with Gasteiger partial charge in [-0.2, -0.15) is 0 Å². The summed E-state index contributed by atoms with van der Waals surface area (Å²) >= 11 is 0. The maximum atomic E-state index is 13.6. The van der Waals surface area contributed by atoms with Gasteiger partial charge in [0.05, 0.1) is 6.04 Å². The summed E-state index contributed by atoms with van der Waals surface area (Å²) in [7, 11) is 0. The van der Waals surface area contributed by atoms with Crippen LogP contribution in [0.5, 0.6) is 0 Å². The molecule has 0 bridgehead atoms. The van der Waals surface area contributed by atoms with E-state index in [1.54, 1.807) is 4.90 Å². The van der Waals surface area contributed by atoms with E-state index >= 15 is 0 Å². The molecule has 7 rings (SSSR count). The number of aryl methyl sites for hydroxylation is 2. The molecule has 6 nitrogen and oxygen atoms in total. The van der Waals surface area contributed by atoms with Crippen molar-refractivity contribution in [3.63, 3.8) is 0 Å². The minimum atomic E-state index is -0.347. The second-order valence-corrected chi connectivity index (χ2v) is 10.2. The summed E-state index contributed by atoms with van der Waals surface area (Å²) in [6.45, 7) is 4.98. The zero-order chi connectivity index (χ0) is 26.7. The minimum absolute atomic E-state index is 0.0497. The second kappa shape index (κ2) is 8.88. The van der Waals surface area contributed by atoms with Crippen molar-refractivity contribution in [2.75, 3.05) is 11.9 Å². The van der Waals surface area contributed by atoms with Gasteiger partial charge in [0.15, 0.2) is 0 Å². The summed E-state index contributed by atoms with van der Waals surface area (Å²) < 4.78 is 2.28. The molecule has 2 amide bonds. The highest BCUT2D eigenvalue weighted by molar-refractivity contribution is 6.10. The van der Waals surface area contributed by atoms with Crippen molar-refractivity contribution in [3.8, 4) is 0 Å². The topological polar surface area (TPSA) is 70.1 Å². The number of rotatable bonds is 5. The first-order chi connectivity index (χ1) is 19.0. The van der Waals surface area contributed by atoms with Crippen LogP contribution in [0, 0.1) is 6.92 Å². The first-order valence-electron chi connectivity index (χ1n) is 13.3. The van der Waals surface area contributed by atoms with E-state index in [4.69, 9.17) is 0 Å². The first-order valence-corrected chi connectivity index (χ1v) is 13.3. The number of nitrogens with one attached hydrogen (secondary N) is 2. The van der Waals surface area contributed by atoms with E-state index in [1.807, 2.05) is 73.7 Å². The van der Waals surface area contributed by atoms with Crippen LogP contribution in [0.25, 0.3) is 32.7 Å². The molecule has 192 valence electrons. The quantitative estimate of drug-likeness (QED) is 0.267. The molecule has 1 unspecified atom stereocenters. The van der Waals surface area contributed by atoms with Crippen LogP contribution in [0.15, 0.2) is 91.0 Å². The van der Waals surface area contributed by atoms with Crippen LogP contribution in [0.2, 0.25) is 0 Å². The number of hydrogen-bond donors (Lipinski definition) is 2. The molecule has 1 aliphatic rings. The predicted octanol–water partition coefficient (Wildman–Crippen LogP) is 6.79. The number of hydrogen-bond acceptors (Lipinski definition) is 2. The van der Waals surface area contributed by atoms with Gasteiger partial charge >= 0.3 is 0 Å². The number of aromatic amines is 1. The van der Waals surface area contributed by atoms with Crippen molar-refractivity contribution in [2.45, 2.75) is 26.4 Å². The van der Waals surface area contributed by atoms with E-state index in [0.717, 1.165) is 56.2 Å². The highest BCUT2D eigenvalue weighted by atomic mass is 16.2. The third kappa shape index (κ3) is 3.56. The maximum absolute atomic E-state index is 13.6. The summed E-state index contributed by atoms with van der Waals surface area (Å²) in [5.74, 6) is -0.353. The number of amides is 2. The average molecular weight is 513 g/mol. The Morgan fingerprint density at radius 1 is 0.872 bits per heavy atom. The van der Waals surface area contributed by atoms with Gasteiger partial charge in [-0.1, -0.05) is 54.6 Å². The van der Waals surface area contributed by atoms with E-state index in [1.165, 1.54) is 5.52 Å². The van der Waals surface area contributed by atoms with E-state index in [9.17, 15) is 9.59 Å². The molecule has 2 aromatic heterocycles. The van der Waals surface area contributed by atoms with Crippen LogP contribution in [0.1, 0.15) is 40.1 Å². The van der Waals surface area contributed by atoms with Gasteiger partial charge in [0.25, 0.3) is 5.91 Å². The molecule has 4 aromatic carbocycles. The standard InChI is InChI=1S/C33H28N4O2/c1-3-36-28-15-9-7-10-22(28)26-18-21(16-17-29(26)36)35-30(38)19-37-32(23-11-4-5-12-24(23)33(37)39)31-20(2)34-27-14-8-6-13-25(27)31/h4-18,32,34H,3,19H2,1-2H3,(H,35,38). The fraction of sp³-hybridized carbons (Fsp3) is 0.152. The lowest BCUT2D eigenvalue weighted by molar-refractivity contribution is -0.117. The number of nitrogens with zero attached hydrogens (tertiary/aromatic N) is 2. The van der Waals surface area contributed by atoms with Crippen LogP contribution >= 0.6 is 0 Å². The lowest BCUT2D eigenvalue weighted by Gasteiger charge is -2.25. The number of carbonyl (C=O) groups excluding carboxylic acids is 2. The molecule has 3 heterocycles. The number of para-hydroxylation sites is 2. The molecular formula is C33H28N4O2. The van der Waals surface area contributed by atoms with Gasteiger partial charge in [-0.25, -0.2) is 0 Å². The summed E-state index contributed by atoms with van der Waals surface area (Å²) in [6, 6.07) is 29.8. The van der Waals surface area contributed by atoms with Gasteiger partial charge in [0, 0.05) is 61.8 Å². The number of anilines is 1.